The Hall–Kier alpha value is -2.75. The Labute approximate surface area is 122 Å². The standard InChI is InChI=1S/C17H14O4/c1-10-3-5-11(6-4-10)7-15-17(19)16-13(20-2)8-12(18)9-14(16)21-15/h3-9,18H,1-2H3/b15-7-. The van der Waals surface area contributed by atoms with Crippen LogP contribution in [0.1, 0.15) is 21.5 Å². The topological polar surface area (TPSA) is 55.8 Å². The highest BCUT2D eigenvalue weighted by atomic mass is 16.5. The maximum Gasteiger partial charge on any atom is 0.235 e. The molecule has 0 aliphatic carbocycles. The van der Waals surface area contributed by atoms with E-state index >= 15 is 0 Å². The molecule has 0 spiro atoms. The second-order valence-electron chi connectivity index (χ2n) is 4.87. The number of rotatable bonds is 2. The minimum Gasteiger partial charge on any atom is -0.508 e. The van der Waals surface area contributed by atoms with E-state index in [1.165, 1.54) is 19.2 Å². The lowest BCUT2D eigenvalue weighted by atomic mass is 10.1. The lowest BCUT2D eigenvalue weighted by Crippen LogP contribution is -2.00. The van der Waals surface area contributed by atoms with E-state index < -0.39 is 0 Å². The molecular weight excluding hydrogens is 268 g/mol. The van der Waals surface area contributed by atoms with Gasteiger partial charge in [0.2, 0.25) is 5.78 Å². The Bertz CT molecular complexity index is 742. The van der Waals surface area contributed by atoms with Crippen molar-refractivity contribution in [1.82, 2.24) is 0 Å². The van der Waals surface area contributed by atoms with E-state index in [2.05, 4.69) is 0 Å². The Balaban J connectivity index is 2.02. The summed E-state index contributed by atoms with van der Waals surface area (Å²) in [6.07, 6.45) is 1.68. The first-order valence-corrected chi connectivity index (χ1v) is 6.50. The number of phenolic OH excluding ortho intramolecular Hbond substituents is 1. The number of aryl methyl sites for hydroxylation is 1. The Morgan fingerprint density at radius 3 is 2.57 bits per heavy atom. The molecule has 21 heavy (non-hydrogen) atoms. The number of benzene rings is 2. The van der Waals surface area contributed by atoms with Crippen molar-refractivity contribution in [3.05, 3.63) is 58.8 Å². The molecule has 0 aromatic heterocycles. The molecule has 0 fully saturated rings. The first-order chi connectivity index (χ1) is 10.1. The Morgan fingerprint density at radius 1 is 1.19 bits per heavy atom. The van der Waals surface area contributed by atoms with Gasteiger partial charge < -0.3 is 14.6 Å². The Kier molecular flexibility index (Phi) is 3.14. The molecule has 3 rings (SSSR count). The third-order valence-electron chi connectivity index (χ3n) is 3.32. The van der Waals surface area contributed by atoms with Gasteiger partial charge in [0.25, 0.3) is 0 Å². The molecule has 2 aromatic carbocycles. The van der Waals surface area contributed by atoms with Crippen molar-refractivity contribution >= 4 is 11.9 Å². The molecule has 0 atom stereocenters. The van der Waals surface area contributed by atoms with Crippen LogP contribution in [0.3, 0.4) is 0 Å². The molecule has 0 saturated heterocycles. The summed E-state index contributed by atoms with van der Waals surface area (Å²) in [6, 6.07) is 10.6. The average molecular weight is 282 g/mol. The largest absolute Gasteiger partial charge is 0.508 e. The van der Waals surface area contributed by atoms with Crippen LogP contribution < -0.4 is 9.47 Å². The number of Topliss-reactive ketones (excluding diaryl/α,β-unsaturated/α-hetero) is 1. The van der Waals surface area contributed by atoms with Crippen molar-refractivity contribution in [3.63, 3.8) is 0 Å². The predicted octanol–water partition coefficient (Wildman–Crippen LogP) is 3.33. The molecule has 1 aliphatic heterocycles. The van der Waals surface area contributed by atoms with E-state index in [1.54, 1.807) is 6.08 Å². The summed E-state index contributed by atoms with van der Waals surface area (Å²) >= 11 is 0. The van der Waals surface area contributed by atoms with Crippen LogP contribution in [-0.2, 0) is 0 Å². The highest BCUT2D eigenvalue weighted by Gasteiger charge is 2.31. The highest BCUT2D eigenvalue weighted by Crippen LogP contribution is 2.41. The van der Waals surface area contributed by atoms with E-state index in [1.807, 2.05) is 31.2 Å². The molecule has 0 radical (unpaired) electrons. The van der Waals surface area contributed by atoms with Crippen LogP contribution in [0.5, 0.6) is 17.2 Å². The van der Waals surface area contributed by atoms with Gasteiger partial charge in [0, 0.05) is 12.1 Å². The SMILES string of the molecule is COc1cc(O)cc2c1C(=O)/C(=C/c1ccc(C)cc1)O2. The van der Waals surface area contributed by atoms with Gasteiger partial charge in [-0.1, -0.05) is 29.8 Å². The number of hydrogen-bond acceptors (Lipinski definition) is 4. The molecule has 2 aromatic rings. The van der Waals surface area contributed by atoms with E-state index in [0.29, 0.717) is 17.1 Å². The van der Waals surface area contributed by atoms with Crippen LogP contribution in [0.25, 0.3) is 6.08 Å². The number of aromatic hydroxyl groups is 1. The van der Waals surface area contributed by atoms with Gasteiger partial charge in [-0.15, -0.1) is 0 Å². The van der Waals surface area contributed by atoms with E-state index in [9.17, 15) is 9.90 Å². The van der Waals surface area contributed by atoms with E-state index in [-0.39, 0.29) is 17.3 Å². The van der Waals surface area contributed by atoms with Crippen LogP contribution in [-0.4, -0.2) is 18.0 Å². The van der Waals surface area contributed by atoms with E-state index in [4.69, 9.17) is 9.47 Å². The van der Waals surface area contributed by atoms with Gasteiger partial charge in [0.15, 0.2) is 5.76 Å². The number of carbonyl (C=O) groups excluding carboxylic acids is 1. The molecule has 0 amide bonds. The maximum atomic E-state index is 12.4. The van der Waals surface area contributed by atoms with Gasteiger partial charge in [0.1, 0.15) is 22.8 Å². The van der Waals surface area contributed by atoms with Gasteiger partial charge >= 0.3 is 0 Å². The summed E-state index contributed by atoms with van der Waals surface area (Å²) in [5, 5.41) is 9.61. The molecule has 1 heterocycles. The molecular formula is C17H14O4. The van der Waals surface area contributed by atoms with Crippen LogP contribution in [0.2, 0.25) is 0 Å². The van der Waals surface area contributed by atoms with Crippen molar-refractivity contribution in [2.45, 2.75) is 6.92 Å². The van der Waals surface area contributed by atoms with Gasteiger partial charge in [-0.05, 0) is 18.6 Å². The second kappa shape index (κ2) is 4.98. The number of hydrogen-bond donors (Lipinski definition) is 1. The molecule has 4 heteroatoms. The third kappa shape index (κ3) is 2.36. The van der Waals surface area contributed by atoms with Gasteiger partial charge in [0.05, 0.1) is 7.11 Å². The fourth-order valence-corrected chi connectivity index (χ4v) is 2.24. The predicted molar refractivity (Wildman–Crippen MR) is 78.8 cm³/mol. The molecule has 1 N–H and O–H groups in total. The first-order valence-electron chi connectivity index (χ1n) is 6.50. The minimum absolute atomic E-state index is 0.00464. The fourth-order valence-electron chi connectivity index (χ4n) is 2.24. The maximum absolute atomic E-state index is 12.4. The summed E-state index contributed by atoms with van der Waals surface area (Å²) in [6.45, 7) is 2.00. The lowest BCUT2D eigenvalue weighted by molar-refractivity contribution is 0.101. The summed E-state index contributed by atoms with van der Waals surface area (Å²) in [5.74, 6) is 0.590. The third-order valence-corrected chi connectivity index (χ3v) is 3.32. The van der Waals surface area contributed by atoms with Crippen molar-refractivity contribution in [2.24, 2.45) is 0 Å². The zero-order chi connectivity index (χ0) is 15.0. The van der Waals surface area contributed by atoms with Crippen LogP contribution in [0.4, 0.5) is 0 Å². The minimum atomic E-state index is -0.248. The molecule has 4 nitrogen and oxygen atoms in total. The number of ether oxygens (including phenoxy) is 2. The zero-order valence-electron chi connectivity index (χ0n) is 11.7. The monoisotopic (exact) mass is 282 g/mol. The number of methoxy groups -OCH3 is 1. The van der Waals surface area contributed by atoms with Gasteiger partial charge in [-0.25, -0.2) is 0 Å². The van der Waals surface area contributed by atoms with Crippen LogP contribution in [0.15, 0.2) is 42.2 Å². The number of fused-ring (bicyclic) bond motifs is 1. The summed E-state index contributed by atoms with van der Waals surface area (Å²) in [5.41, 5.74) is 2.36. The quantitative estimate of drug-likeness (QED) is 0.858. The summed E-state index contributed by atoms with van der Waals surface area (Å²) in [4.78, 5) is 12.4. The summed E-state index contributed by atoms with van der Waals surface area (Å²) in [7, 11) is 1.45. The van der Waals surface area contributed by atoms with Crippen LogP contribution >= 0.6 is 0 Å². The summed E-state index contributed by atoms with van der Waals surface area (Å²) < 4.78 is 10.7. The Morgan fingerprint density at radius 2 is 1.90 bits per heavy atom. The van der Waals surface area contributed by atoms with Gasteiger partial charge in [-0.3, -0.25) is 4.79 Å². The number of phenols is 1. The van der Waals surface area contributed by atoms with E-state index in [0.717, 1.165) is 11.1 Å². The van der Waals surface area contributed by atoms with Crippen LogP contribution in [0, 0.1) is 6.92 Å². The molecule has 0 unspecified atom stereocenters. The highest BCUT2D eigenvalue weighted by molar-refractivity contribution is 6.16. The van der Waals surface area contributed by atoms with Gasteiger partial charge in [-0.2, -0.15) is 0 Å². The number of allylic oxidation sites excluding steroid dienone is 1. The molecule has 0 saturated carbocycles. The smallest absolute Gasteiger partial charge is 0.235 e. The molecule has 1 aliphatic rings. The molecule has 106 valence electrons. The average Bonchev–Trinajstić information content (AvgIpc) is 2.77. The van der Waals surface area contributed by atoms with Crippen molar-refractivity contribution in [2.75, 3.05) is 7.11 Å². The fraction of sp³-hybridized carbons (Fsp3) is 0.118. The lowest BCUT2D eigenvalue weighted by Gasteiger charge is -2.04. The number of ketones is 1. The number of carbonyl (C=O) groups is 1. The zero-order valence-corrected chi connectivity index (χ0v) is 11.7. The van der Waals surface area contributed by atoms with Crippen molar-refractivity contribution in [3.8, 4) is 17.2 Å². The van der Waals surface area contributed by atoms with Crippen molar-refractivity contribution in [1.29, 1.82) is 0 Å². The second-order valence-corrected chi connectivity index (χ2v) is 4.87. The molecule has 0 bridgehead atoms. The van der Waals surface area contributed by atoms with Crippen molar-refractivity contribution < 1.29 is 19.4 Å². The first kappa shape index (κ1) is 13.2. The normalized spacial score (nSPS) is 15.0.